The molecule has 76 heavy (non-hydrogen) atoms. The lowest BCUT2D eigenvalue weighted by Crippen LogP contribution is -2.40. The fourth-order valence-corrected chi connectivity index (χ4v) is 8.41. The van der Waals surface area contributed by atoms with Gasteiger partial charge >= 0.3 is 65.7 Å². The minimum absolute atomic E-state index is 0.0443. The Labute approximate surface area is 431 Å². The molecule has 0 radical (unpaired) electrons. The van der Waals surface area contributed by atoms with E-state index in [9.17, 15) is 52.7 Å². The van der Waals surface area contributed by atoms with E-state index in [0.717, 1.165) is 100 Å². The number of esters is 11. The van der Waals surface area contributed by atoms with Crippen LogP contribution in [0.5, 0.6) is 63.2 Å². The summed E-state index contributed by atoms with van der Waals surface area (Å²) in [5, 5.41) is 0. The maximum absolute atomic E-state index is 13.6. The second-order valence-electron chi connectivity index (χ2n) is 16.8. The zero-order chi connectivity index (χ0) is 56.0. The SMILES string of the molecule is CC(=O)Oc1cc(OC(C)=O)c2c(c1)O[C@H](c1cc(OC(C)=O)c(OC(C)=O)c(OC(C)=O)c1)[C@@H](OC(C)=O)[C@@H]2c1c(OC(C)=O)cc(OC(C)=O)c2c1O[C@H](c1ccc(OC(C)=O)c(OC(C)=O)c1)[C@@H](OC(C)=O)C2. The summed E-state index contributed by atoms with van der Waals surface area (Å²) < 4.78 is 75.3. The van der Waals surface area contributed by atoms with Gasteiger partial charge in [0.2, 0.25) is 5.75 Å². The Morgan fingerprint density at radius 2 is 0.855 bits per heavy atom. The molecule has 24 heteroatoms. The summed E-state index contributed by atoms with van der Waals surface area (Å²) in [6.45, 7) is 11.5. The Hall–Kier alpha value is -9.35. The molecular formula is C52H48O24. The van der Waals surface area contributed by atoms with Crippen molar-refractivity contribution in [3.8, 4) is 63.2 Å². The van der Waals surface area contributed by atoms with Crippen LogP contribution < -0.4 is 52.1 Å². The van der Waals surface area contributed by atoms with Crippen molar-refractivity contribution >= 4 is 65.7 Å². The second-order valence-corrected chi connectivity index (χ2v) is 16.8. The summed E-state index contributed by atoms with van der Waals surface area (Å²) in [5.41, 5.74) is -0.547. The molecule has 0 spiro atoms. The minimum atomic E-state index is -1.83. The summed E-state index contributed by atoms with van der Waals surface area (Å²) in [4.78, 5) is 140. The van der Waals surface area contributed by atoms with Gasteiger partial charge in [0.05, 0.1) is 5.92 Å². The third kappa shape index (κ3) is 13.4. The molecule has 0 bridgehead atoms. The van der Waals surface area contributed by atoms with Gasteiger partial charge in [-0.3, -0.25) is 52.7 Å². The van der Waals surface area contributed by atoms with E-state index in [0.29, 0.717) is 0 Å². The zero-order valence-corrected chi connectivity index (χ0v) is 42.5. The molecule has 2 aliphatic rings. The van der Waals surface area contributed by atoms with E-state index in [1.807, 2.05) is 0 Å². The van der Waals surface area contributed by atoms with Crippen molar-refractivity contribution in [2.24, 2.45) is 0 Å². The van der Waals surface area contributed by atoms with Gasteiger partial charge in [-0.15, -0.1) is 0 Å². The number of benzene rings is 4. The molecule has 0 unspecified atom stereocenters. The lowest BCUT2D eigenvalue weighted by molar-refractivity contribution is -0.154. The van der Waals surface area contributed by atoms with Crippen LogP contribution in [0.3, 0.4) is 0 Å². The molecule has 0 aromatic heterocycles. The minimum Gasteiger partial charge on any atom is -0.481 e. The Balaban J connectivity index is 1.82. The predicted octanol–water partition coefficient (Wildman–Crippen LogP) is 5.82. The van der Waals surface area contributed by atoms with Crippen LogP contribution in [0, 0.1) is 0 Å². The van der Waals surface area contributed by atoms with Crippen molar-refractivity contribution in [1.82, 2.24) is 0 Å². The van der Waals surface area contributed by atoms with E-state index < -0.39 is 125 Å². The van der Waals surface area contributed by atoms with E-state index in [4.69, 9.17) is 61.6 Å². The molecule has 0 saturated heterocycles. The van der Waals surface area contributed by atoms with Crippen LogP contribution in [0.2, 0.25) is 0 Å². The summed E-state index contributed by atoms with van der Waals surface area (Å²) in [6.07, 6.45) is -6.77. The Morgan fingerprint density at radius 1 is 0.395 bits per heavy atom. The van der Waals surface area contributed by atoms with E-state index >= 15 is 0 Å². The van der Waals surface area contributed by atoms with Crippen molar-refractivity contribution in [3.05, 3.63) is 76.3 Å². The first-order valence-electron chi connectivity index (χ1n) is 22.7. The molecule has 2 heterocycles. The lowest BCUT2D eigenvalue weighted by Gasteiger charge is -2.42. The van der Waals surface area contributed by atoms with Crippen LogP contribution in [0.25, 0.3) is 0 Å². The molecule has 0 N–H and O–H groups in total. The van der Waals surface area contributed by atoms with Gasteiger partial charge in [-0.1, -0.05) is 6.07 Å². The molecule has 5 atom stereocenters. The molecule has 2 aliphatic heterocycles. The van der Waals surface area contributed by atoms with Crippen molar-refractivity contribution in [1.29, 1.82) is 0 Å². The Bertz CT molecular complexity index is 3080. The molecule has 4 aromatic rings. The smallest absolute Gasteiger partial charge is 0.308 e. The van der Waals surface area contributed by atoms with Crippen LogP contribution in [0.4, 0.5) is 0 Å². The largest absolute Gasteiger partial charge is 0.481 e. The van der Waals surface area contributed by atoms with Gasteiger partial charge in [-0.05, 0) is 24.3 Å². The van der Waals surface area contributed by atoms with Crippen molar-refractivity contribution in [2.45, 2.75) is 113 Å². The molecule has 0 fully saturated rings. The average molecular weight is 1060 g/mol. The predicted molar refractivity (Wildman–Crippen MR) is 251 cm³/mol. The van der Waals surface area contributed by atoms with Crippen LogP contribution in [0.1, 0.15) is 122 Å². The summed E-state index contributed by atoms with van der Waals surface area (Å²) >= 11 is 0. The second kappa shape index (κ2) is 23.2. The first-order valence-corrected chi connectivity index (χ1v) is 22.7. The first-order chi connectivity index (χ1) is 35.7. The fraction of sp³-hybridized carbons (Fsp3) is 0.327. The normalized spacial score (nSPS) is 17.0. The molecular weight excluding hydrogens is 1010 g/mol. The highest BCUT2D eigenvalue weighted by Gasteiger charge is 2.50. The number of fused-ring (bicyclic) bond motifs is 2. The van der Waals surface area contributed by atoms with E-state index in [2.05, 4.69) is 0 Å². The molecule has 0 amide bonds. The Morgan fingerprint density at radius 3 is 1.37 bits per heavy atom. The molecule has 24 nitrogen and oxygen atoms in total. The van der Waals surface area contributed by atoms with E-state index in [1.54, 1.807) is 0 Å². The van der Waals surface area contributed by atoms with E-state index in [-0.39, 0.29) is 68.7 Å². The van der Waals surface area contributed by atoms with Crippen LogP contribution >= 0.6 is 0 Å². The summed E-state index contributed by atoms with van der Waals surface area (Å²) in [6, 6.07) is 9.60. The van der Waals surface area contributed by atoms with E-state index in [1.165, 1.54) is 24.3 Å². The number of carbonyl (C=O) groups is 11. The first kappa shape index (κ1) is 56.0. The number of hydrogen-bond acceptors (Lipinski definition) is 24. The van der Waals surface area contributed by atoms with Gasteiger partial charge in [0, 0.05) is 129 Å². The molecule has 6 rings (SSSR count). The zero-order valence-electron chi connectivity index (χ0n) is 42.5. The molecule has 400 valence electrons. The van der Waals surface area contributed by atoms with Gasteiger partial charge in [0.25, 0.3) is 0 Å². The Kier molecular flexibility index (Phi) is 17.1. The lowest BCUT2D eigenvalue weighted by atomic mass is 9.77. The topological polar surface area (TPSA) is 308 Å². The third-order valence-electron chi connectivity index (χ3n) is 10.5. The quantitative estimate of drug-likeness (QED) is 0.106. The van der Waals surface area contributed by atoms with Gasteiger partial charge in [-0.2, -0.15) is 0 Å². The standard InChI is InChI=1S/C52H48O24/c1-21(53)64-34-17-39(68-25(5)57)45-40(18-34)75-49(33-15-42(70-27(7)59)51(73-30(10)62)43(16-33)71-28(8)60)52(74-31(11)63)47(45)46-41(69-26(6)58)20-37(66-23(3)55)35-19-44(72-29(9)61)48(76-50(35)46)32-12-13-36(65-22(2)54)38(14-32)67-24(4)56/h12-18,20,44,47-49,52H,19H2,1-11H3/t44-,47-,48+,49+,52-/m0/s1. The van der Waals surface area contributed by atoms with Crippen LogP contribution in [-0.2, 0) is 68.6 Å². The van der Waals surface area contributed by atoms with Crippen molar-refractivity contribution in [2.75, 3.05) is 0 Å². The van der Waals surface area contributed by atoms with Gasteiger partial charge < -0.3 is 61.6 Å². The molecule has 4 aromatic carbocycles. The monoisotopic (exact) mass is 1060 g/mol. The van der Waals surface area contributed by atoms with Crippen LogP contribution in [-0.4, -0.2) is 77.9 Å². The molecule has 0 aliphatic carbocycles. The third-order valence-corrected chi connectivity index (χ3v) is 10.5. The van der Waals surface area contributed by atoms with Gasteiger partial charge in [0.15, 0.2) is 41.3 Å². The highest BCUT2D eigenvalue weighted by Crippen LogP contribution is 2.59. The number of ether oxygens (including phenoxy) is 13. The number of rotatable bonds is 14. The van der Waals surface area contributed by atoms with Crippen molar-refractivity contribution in [3.63, 3.8) is 0 Å². The van der Waals surface area contributed by atoms with Gasteiger partial charge in [-0.25, -0.2) is 0 Å². The summed E-state index contributed by atoms with van der Waals surface area (Å²) in [7, 11) is 0. The highest BCUT2D eigenvalue weighted by molar-refractivity contribution is 5.81. The summed E-state index contributed by atoms with van der Waals surface area (Å²) in [5.74, 6) is -15.8. The maximum atomic E-state index is 13.6. The molecule has 0 saturated carbocycles. The van der Waals surface area contributed by atoms with Gasteiger partial charge in [0.1, 0.15) is 40.6 Å². The maximum Gasteiger partial charge on any atom is 0.308 e. The average Bonchev–Trinajstić information content (AvgIpc) is 3.31. The highest BCUT2D eigenvalue weighted by atomic mass is 16.6. The van der Waals surface area contributed by atoms with Crippen LogP contribution in [0.15, 0.2) is 48.5 Å². The number of carbonyl (C=O) groups excluding carboxylic acids is 11. The number of hydrogen-bond donors (Lipinski definition) is 0. The van der Waals surface area contributed by atoms with Crippen molar-refractivity contribution < 1.29 is 114 Å². The fourth-order valence-electron chi connectivity index (χ4n) is 8.41.